The average molecular weight is 343 g/mol. The zero-order chi connectivity index (χ0) is 16.2. The third-order valence-corrected chi connectivity index (χ3v) is 3.80. The van der Waals surface area contributed by atoms with Crippen molar-refractivity contribution in [1.82, 2.24) is 0 Å². The quantitative estimate of drug-likeness (QED) is 0.523. The van der Waals surface area contributed by atoms with Gasteiger partial charge in [0.1, 0.15) is 17.1 Å². The number of hydrogen-bond acceptors (Lipinski definition) is 3. The predicted octanol–water partition coefficient (Wildman–Crippen LogP) is 6.78. The van der Waals surface area contributed by atoms with Crippen LogP contribution in [0.5, 0.6) is 5.75 Å². The van der Waals surface area contributed by atoms with Crippen LogP contribution < -0.4 is 0 Å². The average Bonchev–Trinajstić information content (AvgIpc) is 2.56. The molecule has 114 valence electrons. The second-order valence-electron chi connectivity index (χ2n) is 4.87. The number of phenolic OH excluding ortho intramolecular Hbond substituents is 1. The molecule has 3 aromatic carbocycles. The summed E-state index contributed by atoms with van der Waals surface area (Å²) in [5.74, 6) is 0.0542. The summed E-state index contributed by atoms with van der Waals surface area (Å²) in [5, 5.41) is 19.1. The second-order valence-corrected chi connectivity index (χ2v) is 5.71. The van der Waals surface area contributed by atoms with E-state index in [0.717, 1.165) is 11.1 Å². The minimum Gasteiger partial charge on any atom is -0.506 e. The van der Waals surface area contributed by atoms with Crippen LogP contribution in [0.3, 0.4) is 0 Å². The molecule has 0 aliphatic heterocycles. The smallest absolute Gasteiger partial charge is 0.143 e. The molecule has 5 heteroatoms. The van der Waals surface area contributed by atoms with E-state index >= 15 is 0 Å². The van der Waals surface area contributed by atoms with E-state index in [9.17, 15) is 5.11 Å². The number of nitrogens with zero attached hydrogens (tertiary/aromatic N) is 2. The summed E-state index contributed by atoms with van der Waals surface area (Å²) in [7, 11) is 0. The Labute approximate surface area is 143 Å². The van der Waals surface area contributed by atoms with Crippen LogP contribution in [-0.2, 0) is 0 Å². The number of azo groups is 1. The van der Waals surface area contributed by atoms with Crippen molar-refractivity contribution < 1.29 is 5.11 Å². The van der Waals surface area contributed by atoms with Crippen LogP contribution >= 0.6 is 23.2 Å². The molecule has 0 aliphatic carbocycles. The van der Waals surface area contributed by atoms with Gasteiger partial charge < -0.3 is 5.11 Å². The summed E-state index contributed by atoms with van der Waals surface area (Å²) < 4.78 is 0. The number of benzene rings is 3. The molecule has 0 heterocycles. The van der Waals surface area contributed by atoms with E-state index in [1.165, 1.54) is 0 Å². The van der Waals surface area contributed by atoms with E-state index in [2.05, 4.69) is 10.2 Å². The lowest BCUT2D eigenvalue weighted by Crippen LogP contribution is -1.77. The number of hydrogen-bond donors (Lipinski definition) is 1. The first kappa shape index (κ1) is 15.5. The van der Waals surface area contributed by atoms with Crippen molar-refractivity contribution >= 4 is 34.6 Å². The van der Waals surface area contributed by atoms with Crippen LogP contribution in [-0.4, -0.2) is 5.11 Å². The van der Waals surface area contributed by atoms with Crippen LogP contribution in [0.1, 0.15) is 0 Å². The van der Waals surface area contributed by atoms with Gasteiger partial charge in [0.2, 0.25) is 0 Å². The van der Waals surface area contributed by atoms with Crippen LogP contribution in [0.2, 0.25) is 10.0 Å². The Balaban J connectivity index is 1.95. The van der Waals surface area contributed by atoms with Gasteiger partial charge in [-0.3, -0.25) is 0 Å². The van der Waals surface area contributed by atoms with Gasteiger partial charge in [-0.25, -0.2) is 0 Å². The number of rotatable bonds is 3. The molecule has 1 N–H and O–H groups in total. The first-order chi connectivity index (χ1) is 11.1. The van der Waals surface area contributed by atoms with Gasteiger partial charge in [-0.15, -0.1) is 10.2 Å². The molecule has 0 aliphatic rings. The highest BCUT2D eigenvalue weighted by molar-refractivity contribution is 6.36. The minimum absolute atomic E-state index is 0.0542. The van der Waals surface area contributed by atoms with E-state index in [1.54, 1.807) is 30.3 Å². The molecule has 0 unspecified atom stereocenters. The molecule has 0 atom stereocenters. The molecule has 0 spiro atoms. The lowest BCUT2D eigenvalue weighted by atomic mass is 10.1. The standard InChI is InChI=1S/C18H12Cl2N2O/c19-14-7-8-16(15(20)11-14)21-22-17-10-13(6-9-18(17)23)12-4-2-1-3-5-12/h1-11,23H. The summed E-state index contributed by atoms with van der Waals surface area (Å²) >= 11 is 11.9. The fourth-order valence-corrected chi connectivity index (χ4v) is 2.53. The molecule has 0 saturated carbocycles. The first-order valence-corrected chi connectivity index (χ1v) is 7.64. The zero-order valence-corrected chi connectivity index (χ0v) is 13.5. The predicted molar refractivity (Wildman–Crippen MR) is 94.2 cm³/mol. The van der Waals surface area contributed by atoms with Crippen molar-refractivity contribution in [3.8, 4) is 16.9 Å². The summed E-state index contributed by atoms with van der Waals surface area (Å²) in [5.41, 5.74) is 2.84. The van der Waals surface area contributed by atoms with Gasteiger partial charge in [-0.1, -0.05) is 59.6 Å². The zero-order valence-electron chi connectivity index (χ0n) is 11.9. The van der Waals surface area contributed by atoms with Crippen LogP contribution in [0.15, 0.2) is 77.0 Å². The molecule has 0 aromatic heterocycles. The maximum absolute atomic E-state index is 9.97. The van der Waals surface area contributed by atoms with Crippen LogP contribution in [0.4, 0.5) is 11.4 Å². The van der Waals surface area contributed by atoms with E-state index in [1.807, 2.05) is 36.4 Å². The van der Waals surface area contributed by atoms with Crippen LogP contribution in [0, 0.1) is 0 Å². The largest absolute Gasteiger partial charge is 0.506 e. The Morgan fingerprint density at radius 1 is 0.696 bits per heavy atom. The van der Waals surface area contributed by atoms with Crippen molar-refractivity contribution in [3.05, 3.63) is 76.8 Å². The van der Waals surface area contributed by atoms with E-state index in [-0.39, 0.29) is 5.75 Å². The normalized spacial score (nSPS) is 11.0. The van der Waals surface area contributed by atoms with Crippen molar-refractivity contribution in [2.45, 2.75) is 0 Å². The molecule has 0 bridgehead atoms. The fourth-order valence-electron chi connectivity index (χ4n) is 2.08. The monoisotopic (exact) mass is 342 g/mol. The fraction of sp³-hybridized carbons (Fsp3) is 0. The second kappa shape index (κ2) is 6.82. The highest BCUT2D eigenvalue weighted by atomic mass is 35.5. The van der Waals surface area contributed by atoms with Crippen molar-refractivity contribution in [2.24, 2.45) is 10.2 Å². The Kier molecular flexibility index (Phi) is 4.60. The molecule has 3 nitrogen and oxygen atoms in total. The molecule has 23 heavy (non-hydrogen) atoms. The summed E-state index contributed by atoms with van der Waals surface area (Å²) in [4.78, 5) is 0. The molecule has 0 radical (unpaired) electrons. The van der Waals surface area contributed by atoms with Gasteiger partial charge in [0.05, 0.1) is 5.02 Å². The van der Waals surface area contributed by atoms with Gasteiger partial charge in [-0.05, 0) is 41.5 Å². The van der Waals surface area contributed by atoms with Crippen LogP contribution in [0.25, 0.3) is 11.1 Å². The van der Waals surface area contributed by atoms with Gasteiger partial charge in [0, 0.05) is 5.02 Å². The highest BCUT2D eigenvalue weighted by Gasteiger charge is 2.05. The van der Waals surface area contributed by atoms with Crippen molar-refractivity contribution in [1.29, 1.82) is 0 Å². The summed E-state index contributed by atoms with van der Waals surface area (Å²) in [6, 6.07) is 20.0. The lowest BCUT2D eigenvalue weighted by molar-refractivity contribution is 0.476. The van der Waals surface area contributed by atoms with E-state index < -0.39 is 0 Å². The SMILES string of the molecule is Oc1ccc(-c2ccccc2)cc1N=Nc1ccc(Cl)cc1Cl. The molecule has 0 saturated heterocycles. The molecule has 3 aromatic rings. The van der Waals surface area contributed by atoms with E-state index in [0.29, 0.717) is 21.4 Å². The highest BCUT2D eigenvalue weighted by Crippen LogP contribution is 2.34. The Bertz CT molecular complexity index is 864. The lowest BCUT2D eigenvalue weighted by Gasteiger charge is -2.04. The molecule has 3 rings (SSSR count). The first-order valence-electron chi connectivity index (χ1n) is 6.89. The number of phenols is 1. The summed E-state index contributed by atoms with van der Waals surface area (Å²) in [6.45, 7) is 0. The third-order valence-electron chi connectivity index (χ3n) is 3.26. The topological polar surface area (TPSA) is 45.0 Å². The molecular weight excluding hydrogens is 331 g/mol. The minimum atomic E-state index is 0.0542. The maximum atomic E-state index is 9.97. The Hall–Kier alpha value is -2.36. The van der Waals surface area contributed by atoms with Crippen molar-refractivity contribution in [2.75, 3.05) is 0 Å². The maximum Gasteiger partial charge on any atom is 0.143 e. The molecule has 0 amide bonds. The van der Waals surface area contributed by atoms with Gasteiger partial charge in [0.15, 0.2) is 0 Å². The van der Waals surface area contributed by atoms with Gasteiger partial charge >= 0.3 is 0 Å². The number of halogens is 2. The molecule has 0 fully saturated rings. The third kappa shape index (κ3) is 3.70. The Morgan fingerprint density at radius 2 is 1.43 bits per heavy atom. The van der Waals surface area contributed by atoms with Gasteiger partial charge in [-0.2, -0.15) is 0 Å². The van der Waals surface area contributed by atoms with E-state index in [4.69, 9.17) is 23.2 Å². The molecular formula is C18H12Cl2N2O. The van der Waals surface area contributed by atoms with Crippen molar-refractivity contribution in [3.63, 3.8) is 0 Å². The summed E-state index contributed by atoms with van der Waals surface area (Å²) in [6.07, 6.45) is 0. The number of aromatic hydroxyl groups is 1. The van der Waals surface area contributed by atoms with Gasteiger partial charge in [0.25, 0.3) is 0 Å². The Morgan fingerprint density at radius 3 is 2.17 bits per heavy atom.